The summed E-state index contributed by atoms with van der Waals surface area (Å²) < 4.78 is 0. The highest BCUT2D eigenvalue weighted by molar-refractivity contribution is 6.05. The van der Waals surface area contributed by atoms with Crippen LogP contribution < -0.4 is 11.5 Å². The van der Waals surface area contributed by atoms with Crippen LogP contribution in [0.1, 0.15) is 28.1 Å². The van der Waals surface area contributed by atoms with Crippen molar-refractivity contribution in [2.45, 2.75) is 7.43 Å². The van der Waals surface area contributed by atoms with E-state index in [1.165, 1.54) is 12.1 Å². The van der Waals surface area contributed by atoms with Gasteiger partial charge in [0.25, 0.3) is 0 Å². The minimum atomic E-state index is -0.649. The zero-order valence-corrected chi connectivity index (χ0v) is 6.28. The summed E-state index contributed by atoms with van der Waals surface area (Å²) in [4.78, 5) is 21.5. The van der Waals surface area contributed by atoms with Crippen LogP contribution in [0.2, 0.25) is 0 Å². The minimum Gasteiger partial charge on any atom is -0.366 e. The van der Waals surface area contributed by atoms with Gasteiger partial charge in [0.2, 0.25) is 11.8 Å². The molecule has 0 saturated carbocycles. The van der Waals surface area contributed by atoms with Gasteiger partial charge in [0.1, 0.15) is 0 Å². The topological polar surface area (TPSA) is 86.2 Å². The predicted octanol–water partition coefficient (Wildman–Crippen LogP) is 0.521. The summed E-state index contributed by atoms with van der Waals surface area (Å²) in [6.07, 6.45) is 0. The lowest BCUT2D eigenvalue weighted by molar-refractivity contribution is 0.0967. The Morgan fingerprint density at radius 3 is 1.46 bits per heavy atom. The van der Waals surface area contributed by atoms with E-state index in [0.717, 1.165) is 0 Å². The Bertz CT molecular complexity index is 301. The number of rotatable bonds is 2. The van der Waals surface area contributed by atoms with Gasteiger partial charge in [0, 0.05) is 0 Å². The summed E-state index contributed by atoms with van der Waals surface area (Å²) in [6, 6.07) is 6.16. The highest BCUT2D eigenvalue weighted by Crippen LogP contribution is 2.06. The Kier molecular flexibility index (Phi) is 3.65. The number of amides is 2. The average Bonchev–Trinajstić information content (AvgIpc) is 2.04. The molecular formula is C9H12N2O2. The van der Waals surface area contributed by atoms with Crippen molar-refractivity contribution in [2.24, 2.45) is 11.5 Å². The maximum atomic E-state index is 10.7. The Hall–Kier alpha value is -1.84. The van der Waals surface area contributed by atoms with E-state index in [4.69, 9.17) is 11.5 Å². The first-order valence-electron chi connectivity index (χ1n) is 3.31. The Labute approximate surface area is 76.5 Å². The van der Waals surface area contributed by atoms with Gasteiger partial charge in [-0.3, -0.25) is 9.59 Å². The van der Waals surface area contributed by atoms with Gasteiger partial charge in [-0.05, 0) is 12.1 Å². The van der Waals surface area contributed by atoms with Crippen LogP contribution in [0.3, 0.4) is 0 Å². The van der Waals surface area contributed by atoms with Crippen LogP contribution in [0.4, 0.5) is 0 Å². The SMILES string of the molecule is C.NC(=O)c1ccccc1C(N)=O. The van der Waals surface area contributed by atoms with E-state index < -0.39 is 11.8 Å². The van der Waals surface area contributed by atoms with Crippen molar-refractivity contribution in [1.82, 2.24) is 0 Å². The lowest BCUT2D eigenvalue weighted by Crippen LogP contribution is -2.20. The number of hydrogen-bond acceptors (Lipinski definition) is 2. The molecule has 1 aromatic rings. The maximum absolute atomic E-state index is 10.7. The fourth-order valence-electron chi connectivity index (χ4n) is 0.913. The van der Waals surface area contributed by atoms with Crippen LogP contribution in [-0.2, 0) is 0 Å². The highest BCUT2D eigenvalue weighted by atomic mass is 16.2. The second kappa shape index (κ2) is 4.25. The first-order chi connectivity index (χ1) is 5.63. The third kappa shape index (κ3) is 2.30. The third-order valence-electron chi connectivity index (χ3n) is 1.46. The number of carbonyl (C=O) groups is 2. The number of carbonyl (C=O) groups excluding carboxylic acids is 2. The average molecular weight is 180 g/mol. The molecule has 0 aliphatic carbocycles. The van der Waals surface area contributed by atoms with E-state index >= 15 is 0 Å². The molecule has 4 N–H and O–H groups in total. The van der Waals surface area contributed by atoms with E-state index in [0.29, 0.717) is 0 Å². The molecule has 0 fully saturated rings. The van der Waals surface area contributed by atoms with Crippen LogP contribution in [-0.4, -0.2) is 11.8 Å². The van der Waals surface area contributed by atoms with E-state index in [-0.39, 0.29) is 18.6 Å². The van der Waals surface area contributed by atoms with Crippen molar-refractivity contribution in [2.75, 3.05) is 0 Å². The summed E-state index contributed by atoms with van der Waals surface area (Å²) in [6.45, 7) is 0. The van der Waals surface area contributed by atoms with Crippen molar-refractivity contribution < 1.29 is 9.59 Å². The normalized spacial score (nSPS) is 8.62. The second-order valence-electron chi connectivity index (χ2n) is 2.27. The molecule has 0 unspecified atom stereocenters. The van der Waals surface area contributed by atoms with Crippen LogP contribution in [0.15, 0.2) is 24.3 Å². The molecule has 1 rings (SSSR count). The summed E-state index contributed by atoms with van der Waals surface area (Å²) in [7, 11) is 0. The molecular weight excluding hydrogens is 168 g/mol. The van der Waals surface area contributed by atoms with Crippen LogP contribution in [0.25, 0.3) is 0 Å². The van der Waals surface area contributed by atoms with Gasteiger partial charge < -0.3 is 11.5 Å². The van der Waals surface area contributed by atoms with Gasteiger partial charge in [0.15, 0.2) is 0 Å². The lowest BCUT2D eigenvalue weighted by Gasteiger charge is -2.00. The monoisotopic (exact) mass is 180 g/mol. The summed E-state index contributed by atoms with van der Waals surface area (Å²) in [5, 5.41) is 0. The number of nitrogens with two attached hydrogens (primary N) is 2. The molecule has 2 amide bonds. The molecule has 13 heavy (non-hydrogen) atoms. The molecule has 4 nitrogen and oxygen atoms in total. The quantitative estimate of drug-likeness (QED) is 0.695. The molecule has 0 radical (unpaired) electrons. The molecule has 0 aliphatic heterocycles. The molecule has 0 atom stereocenters. The molecule has 70 valence electrons. The lowest BCUT2D eigenvalue weighted by atomic mass is 10.1. The third-order valence-corrected chi connectivity index (χ3v) is 1.46. The van der Waals surface area contributed by atoms with Crippen molar-refractivity contribution in [3.05, 3.63) is 35.4 Å². The molecule has 0 aliphatic rings. The number of hydrogen-bond donors (Lipinski definition) is 2. The van der Waals surface area contributed by atoms with Gasteiger partial charge in [0.05, 0.1) is 11.1 Å². The Morgan fingerprint density at radius 1 is 0.923 bits per heavy atom. The van der Waals surface area contributed by atoms with Gasteiger partial charge in [-0.25, -0.2) is 0 Å². The predicted molar refractivity (Wildman–Crippen MR) is 50.2 cm³/mol. The van der Waals surface area contributed by atoms with E-state index in [1.54, 1.807) is 12.1 Å². The van der Waals surface area contributed by atoms with Gasteiger partial charge in [-0.1, -0.05) is 19.6 Å². The fraction of sp³-hybridized carbons (Fsp3) is 0.111. The van der Waals surface area contributed by atoms with Crippen molar-refractivity contribution in [1.29, 1.82) is 0 Å². The Morgan fingerprint density at radius 2 is 1.23 bits per heavy atom. The summed E-state index contributed by atoms with van der Waals surface area (Å²) in [5.41, 5.74) is 10.3. The van der Waals surface area contributed by atoms with Crippen molar-refractivity contribution in [3.63, 3.8) is 0 Å². The molecule has 1 aromatic carbocycles. The summed E-state index contributed by atoms with van der Waals surface area (Å²) >= 11 is 0. The maximum Gasteiger partial charge on any atom is 0.249 e. The standard InChI is InChI=1S/C8H8N2O2.CH4/c9-7(11)5-3-1-2-4-6(5)8(10)12;/h1-4H,(H2,9,11)(H2,10,12);1H4. The zero-order valence-electron chi connectivity index (χ0n) is 6.28. The van der Waals surface area contributed by atoms with Gasteiger partial charge in [-0.15, -0.1) is 0 Å². The number of primary amides is 2. The molecule has 4 heteroatoms. The zero-order chi connectivity index (χ0) is 9.14. The molecule has 0 saturated heterocycles. The van der Waals surface area contributed by atoms with E-state index in [9.17, 15) is 9.59 Å². The smallest absolute Gasteiger partial charge is 0.249 e. The van der Waals surface area contributed by atoms with E-state index in [1.807, 2.05) is 0 Å². The van der Waals surface area contributed by atoms with E-state index in [2.05, 4.69) is 0 Å². The minimum absolute atomic E-state index is 0. The summed E-state index contributed by atoms with van der Waals surface area (Å²) in [5.74, 6) is -1.30. The molecule has 0 spiro atoms. The second-order valence-corrected chi connectivity index (χ2v) is 2.27. The Balaban J connectivity index is 0.00000144. The molecule has 0 bridgehead atoms. The number of benzene rings is 1. The molecule has 0 aromatic heterocycles. The highest BCUT2D eigenvalue weighted by Gasteiger charge is 2.10. The largest absolute Gasteiger partial charge is 0.366 e. The van der Waals surface area contributed by atoms with Crippen LogP contribution in [0.5, 0.6) is 0 Å². The van der Waals surface area contributed by atoms with Crippen molar-refractivity contribution >= 4 is 11.8 Å². The van der Waals surface area contributed by atoms with Crippen LogP contribution in [0, 0.1) is 0 Å². The molecule has 0 heterocycles. The van der Waals surface area contributed by atoms with Crippen molar-refractivity contribution in [3.8, 4) is 0 Å². The first-order valence-corrected chi connectivity index (χ1v) is 3.31. The fourth-order valence-corrected chi connectivity index (χ4v) is 0.913. The van der Waals surface area contributed by atoms with Crippen LogP contribution >= 0.6 is 0 Å². The first kappa shape index (κ1) is 11.2. The van der Waals surface area contributed by atoms with Gasteiger partial charge >= 0.3 is 0 Å². The van der Waals surface area contributed by atoms with Gasteiger partial charge in [-0.2, -0.15) is 0 Å².